The minimum absolute atomic E-state index is 0.0701. The lowest BCUT2D eigenvalue weighted by Gasteiger charge is -2.06. The first-order chi connectivity index (χ1) is 8.99. The summed E-state index contributed by atoms with van der Waals surface area (Å²) in [7, 11) is 1.59. The molecule has 1 aromatic carbocycles. The summed E-state index contributed by atoms with van der Waals surface area (Å²) in [6, 6.07) is 3.43. The van der Waals surface area contributed by atoms with Gasteiger partial charge in [-0.1, -0.05) is 6.07 Å². The smallest absolute Gasteiger partial charge is 0.271 e. The fraction of sp³-hybridized carbons (Fsp3) is 0.167. The molecule has 0 aliphatic rings. The first-order valence-electron chi connectivity index (χ1n) is 5.48. The van der Waals surface area contributed by atoms with Crippen LogP contribution in [0.1, 0.15) is 16.1 Å². The van der Waals surface area contributed by atoms with E-state index in [1.54, 1.807) is 7.05 Å². The second-order valence-corrected chi connectivity index (χ2v) is 4.00. The Kier molecular flexibility index (Phi) is 3.46. The Labute approximate surface area is 108 Å². The van der Waals surface area contributed by atoms with Gasteiger partial charge in [0.15, 0.2) is 11.6 Å². The van der Waals surface area contributed by atoms with E-state index in [-0.39, 0.29) is 17.9 Å². The number of nitrogens with two attached hydrogens (primary N) is 1. The first-order valence-corrected chi connectivity index (χ1v) is 5.48. The van der Waals surface area contributed by atoms with Gasteiger partial charge in [-0.2, -0.15) is 5.10 Å². The van der Waals surface area contributed by atoms with Crippen LogP contribution in [0.15, 0.2) is 24.4 Å². The van der Waals surface area contributed by atoms with Gasteiger partial charge in [-0.25, -0.2) is 8.78 Å². The van der Waals surface area contributed by atoms with Crippen molar-refractivity contribution in [3.8, 4) is 0 Å². The molecule has 0 aliphatic carbocycles. The molecule has 0 unspecified atom stereocenters. The summed E-state index contributed by atoms with van der Waals surface area (Å²) in [5.41, 5.74) is 6.53. The van der Waals surface area contributed by atoms with Crippen molar-refractivity contribution in [1.29, 1.82) is 0 Å². The highest BCUT2D eigenvalue weighted by molar-refractivity contribution is 5.97. The summed E-state index contributed by atoms with van der Waals surface area (Å²) in [5, 5.41) is 6.40. The van der Waals surface area contributed by atoms with E-state index in [2.05, 4.69) is 10.4 Å². The number of amides is 1. The van der Waals surface area contributed by atoms with Gasteiger partial charge in [-0.05, 0) is 17.7 Å². The summed E-state index contributed by atoms with van der Waals surface area (Å²) >= 11 is 0. The third-order valence-electron chi connectivity index (χ3n) is 2.62. The molecule has 0 fully saturated rings. The van der Waals surface area contributed by atoms with Crippen molar-refractivity contribution in [2.45, 2.75) is 6.54 Å². The lowest BCUT2D eigenvalue weighted by molar-refractivity contribution is 0.0942. The van der Waals surface area contributed by atoms with Crippen LogP contribution in [-0.4, -0.2) is 15.7 Å². The van der Waals surface area contributed by atoms with Gasteiger partial charge >= 0.3 is 0 Å². The Morgan fingerprint density at radius 2 is 2.16 bits per heavy atom. The van der Waals surface area contributed by atoms with Gasteiger partial charge in [0.2, 0.25) is 0 Å². The molecule has 3 N–H and O–H groups in total. The number of halogens is 2. The molecule has 1 aromatic heterocycles. The second-order valence-electron chi connectivity index (χ2n) is 4.00. The maximum atomic E-state index is 13.0. The molecule has 5 nitrogen and oxygen atoms in total. The molecular weight excluding hydrogens is 254 g/mol. The number of rotatable bonds is 3. The van der Waals surface area contributed by atoms with Crippen LogP contribution in [-0.2, 0) is 13.6 Å². The second kappa shape index (κ2) is 5.05. The van der Waals surface area contributed by atoms with Gasteiger partial charge in [0.25, 0.3) is 5.91 Å². The SMILES string of the molecule is Cn1ncc(N)c1C(=O)NCc1ccc(F)c(F)c1. The molecule has 100 valence electrons. The van der Waals surface area contributed by atoms with E-state index in [9.17, 15) is 13.6 Å². The Hall–Kier alpha value is -2.44. The Morgan fingerprint density at radius 1 is 1.42 bits per heavy atom. The van der Waals surface area contributed by atoms with Gasteiger partial charge in [0.05, 0.1) is 11.9 Å². The molecule has 2 aromatic rings. The molecule has 0 bridgehead atoms. The van der Waals surface area contributed by atoms with Gasteiger partial charge in [0.1, 0.15) is 5.69 Å². The van der Waals surface area contributed by atoms with Gasteiger partial charge in [-0.3, -0.25) is 9.48 Å². The molecule has 0 radical (unpaired) electrons. The third kappa shape index (κ3) is 2.70. The van der Waals surface area contributed by atoms with E-state index in [1.807, 2.05) is 0 Å². The quantitative estimate of drug-likeness (QED) is 0.877. The number of nitrogens with zero attached hydrogens (tertiary/aromatic N) is 2. The summed E-state index contributed by atoms with van der Waals surface area (Å²) in [6.45, 7) is 0.0701. The highest BCUT2D eigenvalue weighted by Gasteiger charge is 2.14. The molecule has 1 heterocycles. The van der Waals surface area contributed by atoms with Crippen molar-refractivity contribution in [1.82, 2.24) is 15.1 Å². The van der Waals surface area contributed by atoms with E-state index in [1.165, 1.54) is 16.9 Å². The monoisotopic (exact) mass is 266 g/mol. The van der Waals surface area contributed by atoms with Gasteiger partial charge in [-0.15, -0.1) is 0 Å². The average Bonchev–Trinajstić information content (AvgIpc) is 2.70. The minimum atomic E-state index is -0.952. The summed E-state index contributed by atoms with van der Waals surface area (Å²) < 4.78 is 27.1. The number of aromatic nitrogens is 2. The van der Waals surface area contributed by atoms with Crippen molar-refractivity contribution in [3.05, 3.63) is 47.3 Å². The lowest BCUT2D eigenvalue weighted by atomic mass is 10.2. The van der Waals surface area contributed by atoms with E-state index in [4.69, 9.17) is 5.73 Å². The zero-order valence-electron chi connectivity index (χ0n) is 10.2. The zero-order valence-corrected chi connectivity index (χ0v) is 10.2. The molecule has 1 amide bonds. The van der Waals surface area contributed by atoms with E-state index in [0.717, 1.165) is 12.1 Å². The molecule has 2 rings (SSSR count). The number of hydrogen-bond donors (Lipinski definition) is 2. The van der Waals surface area contributed by atoms with Gasteiger partial charge in [0, 0.05) is 13.6 Å². The fourth-order valence-electron chi connectivity index (χ4n) is 1.65. The van der Waals surface area contributed by atoms with Crippen molar-refractivity contribution < 1.29 is 13.6 Å². The predicted molar refractivity (Wildman–Crippen MR) is 65.1 cm³/mol. The Bertz CT molecular complexity index is 605. The van der Waals surface area contributed by atoms with Crippen molar-refractivity contribution in [2.75, 3.05) is 5.73 Å². The maximum Gasteiger partial charge on any atom is 0.271 e. The van der Waals surface area contributed by atoms with Crippen LogP contribution in [0.4, 0.5) is 14.5 Å². The first kappa shape index (κ1) is 13.0. The number of nitrogens with one attached hydrogen (secondary N) is 1. The highest BCUT2D eigenvalue weighted by Crippen LogP contribution is 2.11. The molecular formula is C12H12F2N4O. The number of carbonyl (C=O) groups excluding carboxylic acids is 1. The van der Waals surface area contributed by atoms with Crippen molar-refractivity contribution >= 4 is 11.6 Å². The molecule has 0 atom stereocenters. The fourth-order valence-corrected chi connectivity index (χ4v) is 1.65. The van der Waals surface area contributed by atoms with Crippen molar-refractivity contribution in [3.63, 3.8) is 0 Å². The van der Waals surface area contributed by atoms with Crippen LogP contribution in [0.3, 0.4) is 0 Å². The Balaban J connectivity index is 2.06. The minimum Gasteiger partial charge on any atom is -0.396 e. The summed E-state index contributed by atoms with van der Waals surface area (Å²) in [6.07, 6.45) is 1.37. The number of hydrogen-bond acceptors (Lipinski definition) is 3. The van der Waals surface area contributed by atoms with E-state index < -0.39 is 17.5 Å². The molecule has 19 heavy (non-hydrogen) atoms. The van der Waals surface area contributed by atoms with Crippen LogP contribution in [0, 0.1) is 11.6 Å². The summed E-state index contributed by atoms with van der Waals surface area (Å²) in [5.74, 6) is -2.31. The van der Waals surface area contributed by atoms with Gasteiger partial charge < -0.3 is 11.1 Å². The molecule has 0 aliphatic heterocycles. The van der Waals surface area contributed by atoms with Crippen LogP contribution in [0.5, 0.6) is 0 Å². The number of anilines is 1. The number of benzene rings is 1. The topological polar surface area (TPSA) is 72.9 Å². The largest absolute Gasteiger partial charge is 0.396 e. The average molecular weight is 266 g/mol. The molecule has 0 saturated carbocycles. The number of aryl methyl sites for hydroxylation is 1. The zero-order chi connectivity index (χ0) is 14.0. The normalized spacial score (nSPS) is 10.5. The number of carbonyl (C=O) groups is 1. The molecule has 0 spiro atoms. The van der Waals surface area contributed by atoms with Crippen LogP contribution >= 0.6 is 0 Å². The predicted octanol–water partition coefficient (Wildman–Crippen LogP) is 1.21. The van der Waals surface area contributed by atoms with Crippen LogP contribution in [0.25, 0.3) is 0 Å². The maximum absolute atomic E-state index is 13.0. The Morgan fingerprint density at radius 3 is 2.74 bits per heavy atom. The molecule has 0 saturated heterocycles. The third-order valence-corrected chi connectivity index (χ3v) is 2.62. The standard InChI is InChI=1S/C12H12F2N4O/c1-18-11(10(15)6-17-18)12(19)16-5-7-2-3-8(13)9(14)4-7/h2-4,6H,5,15H2,1H3,(H,16,19). The van der Waals surface area contributed by atoms with Crippen LogP contribution in [0.2, 0.25) is 0 Å². The summed E-state index contributed by atoms with van der Waals surface area (Å²) in [4.78, 5) is 11.9. The number of nitrogen functional groups attached to an aromatic ring is 1. The highest BCUT2D eigenvalue weighted by atomic mass is 19.2. The van der Waals surface area contributed by atoms with E-state index in [0.29, 0.717) is 5.56 Å². The lowest BCUT2D eigenvalue weighted by Crippen LogP contribution is -2.26. The van der Waals surface area contributed by atoms with Crippen LogP contribution < -0.4 is 11.1 Å². The molecule has 7 heteroatoms. The van der Waals surface area contributed by atoms with E-state index >= 15 is 0 Å². The van der Waals surface area contributed by atoms with Crippen molar-refractivity contribution in [2.24, 2.45) is 7.05 Å².